The van der Waals surface area contributed by atoms with Crippen LogP contribution in [0.2, 0.25) is 0 Å². The molecule has 2 heterocycles. The third-order valence-electron chi connectivity index (χ3n) is 12.6. The van der Waals surface area contributed by atoms with Gasteiger partial charge in [-0.05, 0) is 93.3 Å². The first-order valence-electron chi connectivity index (χ1n) is 21.4. The van der Waals surface area contributed by atoms with Gasteiger partial charge >= 0.3 is 0 Å². The maximum Gasteiger partial charge on any atom is 0.198 e. The molecule has 0 aliphatic carbocycles. The van der Waals surface area contributed by atoms with Gasteiger partial charge in [-0.15, -0.1) is 0 Å². The van der Waals surface area contributed by atoms with Crippen LogP contribution in [-0.2, 0) is 0 Å². The lowest BCUT2D eigenvalue weighted by molar-refractivity contribution is 1.20. The Morgan fingerprint density at radius 2 is 0.984 bits per heavy atom. The largest absolute Gasteiger partial charge is 0.355 e. The summed E-state index contributed by atoms with van der Waals surface area (Å²) < 4.78 is 2.58. The lowest BCUT2D eigenvalue weighted by Gasteiger charge is -2.30. The van der Waals surface area contributed by atoms with Gasteiger partial charge in [-0.1, -0.05) is 181 Å². The van der Waals surface area contributed by atoms with Gasteiger partial charge in [0.1, 0.15) is 0 Å². The number of anilines is 5. The van der Waals surface area contributed by atoms with Crippen LogP contribution in [0.3, 0.4) is 0 Å². The van der Waals surface area contributed by atoms with Crippen molar-refractivity contribution in [1.82, 2.24) is 4.57 Å². The third-order valence-corrected chi connectivity index (χ3v) is 12.6. The van der Waals surface area contributed by atoms with Crippen LogP contribution in [0.4, 0.5) is 28.4 Å². The molecule has 1 aliphatic heterocycles. The summed E-state index contributed by atoms with van der Waals surface area (Å²) in [6.07, 6.45) is 0. The van der Waals surface area contributed by atoms with E-state index in [-0.39, 0.29) is 0 Å². The Balaban J connectivity index is 1.20. The van der Waals surface area contributed by atoms with Crippen LogP contribution >= 0.6 is 0 Å². The fourth-order valence-electron chi connectivity index (χ4n) is 9.72. The van der Waals surface area contributed by atoms with E-state index in [9.17, 15) is 0 Å². The molecule has 1 aliphatic rings. The van der Waals surface area contributed by atoms with Gasteiger partial charge in [-0.2, -0.15) is 0 Å². The average molecular weight is 790 g/mol. The predicted molar refractivity (Wildman–Crippen MR) is 265 cm³/mol. The fourth-order valence-corrected chi connectivity index (χ4v) is 9.72. The maximum absolute atomic E-state index is 3.81. The number of aromatic nitrogens is 1. The number of hydrogen-bond acceptors (Lipinski definition) is 2. The van der Waals surface area contributed by atoms with E-state index in [1.165, 1.54) is 77.0 Å². The molecule has 0 radical (unpaired) electrons. The SMILES string of the molecule is B1c2ccccc2-n2c3c1c(-c1ccccc1Nc1ccccc1)cc(N(c1ccc(-c4ccccc4)cc1)c1ccc(-c4ccccc4)cc1)c3c1ccc3ccccc3c12. The minimum absolute atomic E-state index is 0.813. The molecule has 10 aromatic carbocycles. The van der Waals surface area contributed by atoms with E-state index in [1.807, 2.05) is 0 Å². The summed E-state index contributed by atoms with van der Waals surface area (Å²) in [5.74, 6) is 0. The highest BCUT2D eigenvalue weighted by molar-refractivity contribution is 6.73. The monoisotopic (exact) mass is 789 g/mol. The van der Waals surface area contributed by atoms with E-state index in [0.717, 1.165) is 41.3 Å². The van der Waals surface area contributed by atoms with Crippen LogP contribution in [-0.4, -0.2) is 11.8 Å². The van der Waals surface area contributed by atoms with E-state index in [4.69, 9.17) is 0 Å². The van der Waals surface area contributed by atoms with Crippen molar-refractivity contribution in [3.05, 3.63) is 231 Å². The molecule has 4 heteroatoms. The molecule has 0 spiro atoms. The van der Waals surface area contributed by atoms with Crippen LogP contribution in [0.5, 0.6) is 0 Å². The van der Waals surface area contributed by atoms with Crippen molar-refractivity contribution < 1.29 is 0 Å². The summed E-state index contributed by atoms with van der Waals surface area (Å²) in [7, 11) is 0.813. The Morgan fingerprint density at radius 3 is 1.68 bits per heavy atom. The third kappa shape index (κ3) is 5.99. The number of nitrogens with zero attached hydrogens (tertiary/aromatic N) is 2. The van der Waals surface area contributed by atoms with Crippen molar-refractivity contribution >= 4 is 79.2 Å². The van der Waals surface area contributed by atoms with Crippen molar-refractivity contribution in [3.8, 4) is 39.1 Å². The highest BCUT2D eigenvalue weighted by Gasteiger charge is 2.31. The normalized spacial score (nSPS) is 11.7. The van der Waals surface area contributed by atoms with Crippen molar-refractivity contribution in [2.24, 2.45) is 0 Å². The van der Waals surface area contributed by atoms with Crippen LogP contribution in [0, 0.1) is 0 Å². The molecule has 0 saturated carbocycles. The van der Waals surface area contributed by atoms with Gasteiger partial charge in [-0.3, -0.25) is 0 Å². The molecule has 0 unspecified atom stereocenters. The van der Waals surface area contributed by atoms with Gasteiger partial charge in [0.05, 0.1) is 16.7 Å². The molecular formula is C58H40BN3. The number of fused-ring (bicyclic) bond motifs is 7. The summed E-state index contributed by atoms with van der Waals surface area (Å²) in [5, 5.41) is 8.76. The lowest BCUT2D eigenvalue weighted by Crippen LogP contribution is -2.37. The molecule has 0 fully saturated rings. The standard InChI is InChI=1S/C58H40BN3/c1-4-16-39(17-5-1)41-28-33-45(34-29-41)61(46-35-30-42(31-36-46)40-18-6-2-7-19-40)54-38-50(48-24-12-14-26-52(48)60-44-21-8-3-9-22-44)56-58-55(54)49-37-32-43-20-10-11-23-47(43)57(49)62(58)53-27-15-13-25-51(53)59-56/h1-38,59-60H. The zero-order chi connectivity index (χ0) is 41.0. The number of nitrogens with one attached hydrogen (secondary N) is 1. The molecular weight excluding hydrogens is 749 g/mol. The van der Waals surface area contributed by atoms with Crippen molar-refractivity contribution in [3.63, 3.8) is 0 Å². The second-order valence-electron chi connectivity index (χ2n) is 16.2. The van der Waals surface area contributed by atoms with Gasteiger partial charge in [0.15, 0.2) is 7.28 Å². The van der Waals surface area contributed by atoms with E-state index in [1.54, 1.807) is 0 Å². The van der Waals surface area contributed by atoms with Gasteiger partial charge in [0.25, 0.3) is 0 Å². The van der Waals surface area contributed by atoms with Crippen LogP contribution in [0.25, 0.3) is 71.6 Å². The van der Waals surface area contributed by atoms with Crippen molar-refractivity contribution in [1.29, 1.82) is 0 Å². The molecule has 290 valence electrons. The second-order valence-corrected chi connectivity index (χ2v) is 16.2. The van der Waals surface area contributed by atoms with Crippen LogP contribution in [0.1, 0.15) is 0 Å². The molecule has 0 saturated heterocycles. The average Bonchev–Trinajstić information content (AvgIpc) is 3.71. The summed E-state index contributed by atoms with van der Waals surface area (Å²) in [5.41, 5.74) is 18.9. The highest BCUT2D eigenvalue weighted by Crippen LogP contribution is 2.48. The molecule has 0 amide bonds. The van der Waals surface area contributed by atoms with Gasteiger partial charge in [0.2, 0.25) is 0 Å². The van der Waals surface area contributed by atoms with E-state index in [2.05, 4.69) is 245 Å². The first-order chi connectivity index (χ1) is 30.8. The molecule has 1 N–H and O–H groups in total. The van der Waals surface area contributed by atoms with Gasteiger partial charge in [-0.25, -0.2) is 0 Å². The Bertz CT molecular complexity index is 3350. The summed E-state index contributed by atoms with van der Waals surface area (Å²) in [6.45, 7) is 0. The summed E-state index contributed by atoms with van der Waals surface area (Å²) >= 11 is 0. The van der Waals surface area contributed by atoms with E-state index >= 15 is 0 Å². The number of rotatable bonds is 8. The Kier molecular flexibility index (Phi) is 8.60. The molecule has 11 aromatic rings. The molecule has 1 aromatic heterocycles. The topological polar surface area (TPSA) is 20.2 Å². The van der Waals surface area contributed by atoms with Crippen molar-refractivity contribution in [2.75, 3.05) is 10.2 Å². The molecule has 12 rings (SSSR count). The van der Waals surface area contributed by atoms with E-state index in [0.29, 0.717) is 0 Å². The molecule has 62 heavy (non-hydrogen) atoms. The molecule has 3 nitrogen and oxygen atoms in total. The Hall–Kier alpha value is -8.08. The van der Waals surface area contributed by atoms with Gasteiger partial charge < -0.3 is 14.8 Å². The minimum Gasteiger partial charge on any atom is -0.355 e. The zero-order valence-electron chi connectivity index (χ0n) is 34.0. The quantitative estimate of drug-likeness (QED) is 0.155. The first kappa shape index (κ1) is 35.8. The smallest absolute Gasteiger partial charge is 0.198 e. The fraction of sp³-hybridized carbons (Fsp3) is 0. The minimum atomic E-state index is 0.813. The molecule has 0 atom stereocenters. The van der Waals surface area contributed by atoms with E-state index < -0.39 is 0 Å². The number of para-hydroxylation sites is 3. The maximum atomic E-state index is 3.81. The first-order valence-corrected chi connectivity index (χ1v) is 21.4. The Morgan fingerprint density at radius 1 is 0.419 bits per heavy atom. The molecule has 0 bridgehead atoms. The van der Waals surface area contributed by atoms with Crippen molar-refractivity contribution in [2.45, 2.75) is 0 Å². The summed E-state index contributed by atoms with van der Waals surface area (Å²) in [6, 6.07) is 83.8. The zero-order valence-corrected chi connectivity index (χ0v) is 34.0. The predicted octanol–water partition coefficient (Wildman–Crippen LogP) is 13.9. The van der Waals surface area contributed by atoms with Crippen LogP contribution in [0.15, 0.2) is 231 Å². The van der Waals surface area contributed by atoms with Gasteiger partial charge in [0, 0.05) is 50.2 Å². The second kappa shape index (κ2) is 14.9. The lowest BCUT2D eigenvalue weighted by atomic mass is 9.59. The number of benzene rings is 10. The highest BCUT2D eigenvalue weighted by atomic mass is 15.1. The summed E-state index contributed by atoms with van der Waals surface area (Å²) in [4.78, 5) is 2.48. The number of hydrogen-bond donors (Lipinski definition) is 1. The van der Waals surface area contributed by atoms with Crippen LogP contribution < -0.4 is 21.1 Å². The Labute approximate surface area is 362 Å².